The lowest BCUT2D eigenvalue weighted by molar-refractivity contribution is -0.698. The SMILES string of the molecule is CC1C=C2CC2=CC(C)(C(=O)OC2CCC(CC[NH+]([O-])SC(F)(F)F)CC2)C1. The van der Waals surface area contributed by atoms with Crippen molar-refractivity contribution in [3.8, 4) is 0 Å². The van der Waals surface area contributed by atoms with Crippen molar-refractivity contribution in [1.82, 2.24) is 0 Å². The Kier molecular flexibility index (Phi) is 6.51. The zero-order valence-corrected chi connectivity index (χ0v) is 17.1. The van der Waals surface area contributed by atoms with E-state index >= 15 is 0 Å². The number of nitrogens with one attached hydrogen (secondary N) is 1. The molecule has 3 unspecified atom stereocenters. The Morgan fingerprint density at radius 2 is 2.00 bits per heavy atom. The fourth-order valence-corrected chi connectivity index (χ4v) is 4.93. The van der Waals surface area contributed by atoms with E-state index in [0.717, 1.165) is 25.7 Å². The lowest BCUT2D eigenvalue weighted by Gasteiger charge is -2.32. The number of carbonyl (C=O) groups excluding carboxylic acids is 1. The van der Waals surface area contributed by atoms with Gasteiger partial charge in [0.05, 0.1) is 12.0 Å². The Labute approximate surface area is 168 Å². The summed E-state index contributed by atoms with van der Waals surface area (Å²) >= 11 is -0.543. The first kappa shape index (κ1) is 21.7. The highest BCUT2D eigenvalue weighted by Gasteiger charge is 2.41. The molecule has 3 aliphatic carbocycles. The Morgan fingerprint density at radius 1 is 1.32 bits per heavy atom. The molecule has 3 aliphatic rings. The van der Waals surface area contributed by atoms with Crippen LogP contribution in [0.1, 0.15) is 58.8 Å². The molecule has 3 rings (SSSR count). The molecule has 0 heterocycles. The zero-order chi connectivity index (χ0) is 20.5. The number of allylic oxidation sites excluding steroid dienone is 3. The number of halogens is 3. The summed E-state index contributed by atoms with van der Waals surface area (Å²) in [7, 11) is 0. The van der Waals surface area contributed by atoms with Crippen molar-refractivity contribution in [3.63, 3.8) is 0 Å². The first-order chi connectivity index (χ1) is 13.0. The largest absolute Gasteiger partial charge is 0.621 e. The Hall–Kier alpha value is -0.990. The van der Waals surface area contributed by atoms with Gasteiger partial charge in [-0.1, -0.05) is 19.1 Å². The average Bonchev–Trinajstić information content (AvgIpc) is 3.29. The molecule has 28 heavy (non-hydrogen) atoms. The standard InChI is InChI=1S/C20H28F3NO3S/c1-13-9-15-10-16(15)12-19(2,11-13)18(25)27-17-5-3-14(4-6-17)7-8-24(26)28-20(21,22)23/h9,12-14,17,24H,3-8,10-11H2,1-2H3. The maximum atomic E-state index is 12.8. The Balaban J connectivity index is 1.42. The lowest BCUT2D eigenvalue weighted by atomic mass is 9.81. The summed E-state index contributed by atoms with van der Waals surface area (Å²) in [6.45, 7) is 4.01. The molecule has 158 valence electrons. The predicted octanol–water partition coefficient (Wildman–Crippen LogP) is 4.33. The molecule has 0 aromatic rings. The predicted molar refractivity (Wildman–Crippen MR) is 102 cm³/mol. The van der Waals surface area contributed by atoms with Crippen LogP contribution < -0.4 is 4.47 Å². The number of fused-ring (bicyclic) bond motifs is 1. The van der Waals surface area contributed by atoms with Crippen molar-refractivity contribution in [2.45, 2.75) is 70.4 Å². The second kappa shape index (κ2) is 8.40. The molecular formula is C20H28F3NO3S. The second-order valence-corrected chi connectivity index (χ2v) is 9.77. The van der Waals surface area contributed by atoms with E-state index in [2.05, 4.69) is 19.1 Å². The number of hydrogen-bond acceptors (Lipinski definition) is 4. The van der Waals surface area contributed by atoms with Crippen LogP contribution in [0, 0.1) is 22.5 Å². The van der Waals surface area contributed by atoms with Crippen LogP contribution in [0.4, 0.5) is 13.2 Å². The summed E-state index contributed by atoms with van der Waals surface area (Å²) in [6, 6.07) is 0. The summed E-state index contributed by atoms with van der Waals surface area (Å²) in [5.74, 6) is 0.391. The van der Waals surface area contributed by atoms with Crippen LogP contribution in [0.2, 0.25) is 0 Å². The highest BCUT2D eigenvalue weighted by molar-refractivity contribution is 7.93. The van der Waals surface area contributed by atoms with Crippen molar-refractivity contribution >= 4 is 17.9 Å². The van der Waals surface area contributed by atoms with Gasteiger partial charge in [-0.3, -0.25) is 4.79 Å². The first-order valence-electron chi connectivity index (χ1n) is 9.96. The van der Waals surface area contributed by atoms with Crippen molar-refractivity contribution in [2.24, 2.45) is 17.3 Å². The maximum absolute atomic E-state index is 12.8. The summed E-state index contributed by atoms with van der Waals surface area (Å²) < 4.78 is 41.6. The van der Waals surface area contributed by atoms with Gasteiger partial charge >= 0.3 is 11.5 Å². The molecule has 0 bridgehead atoms. The van der Waals surface area contributed by atoms with Gasteiger partial charge < -0.3 is 14.4 Å². The van der Waals surface area contributed by atoms with Crippen LogP contribution in [-0.2, 0) is 9.53 Å². The molecule has 3 atom stereocenters. The van der Waals surface area contributed by atoms with Crippen LogP contribution in [0.3, 0.4) is 0 Å². The number of esters is 1. The molecule has 0 aliphatic heterocycles. The van der Waals surface area contributed by atoms with Gasteiger partial charge in [-0.15, -0.1) is 0 Å². The van der Waals surface area contributed by atoms with Crippen molar-refractivity contribution in [3.05, 3.63) is 28.5 Å². The molecule has 0 radical (unpaired) electrons. The minimum atomic E-state index is -4.50. The molecular weight excluding hydrogens is 391 g/mol. The number of hydroxylamine groups is 1. The van der Waals surface area contributed by atoms with Gasteiger partial charge in [-0.2, -0.15) is 13.2 Å². The van der Waals surface area contributed by atoms with E-state index in [1.165, 1.54) is 11.1 Å². The van der Waals surface area contributed by atoms with Crippen molar-refractivity contribution in [1.29, 1.82) is 0 Å². The van der Waals surface area contributed by atoms with Gasteiger partial charge in [0.15, 0.2) is 11.9 Å². The maximum Gasteiger partial charge on any atom is 0.496 e. The number of rotatable bonds is 6. The first-order valence-corrected chi connectivity index (χ1v) is 10.8. The number of alkyl halides is 3. The molecule has 2 saturated carbocycles. The summed E-state index contributed by atoms with van der Waals surface area (Å²) in [6.07, 6.45) is 9.35. The van der Waals surface area contributed by atoms with Gasteiger partial charge in [0.1, 0.15) is 6.10 Å². The third kappa shape index (κ3) is 6.00. The minimum Gasteiger partial charge on any atom is -0.621 e. The zero-order valence-electron chi connectivity index (χ0n) is 16.3. The third-order valence-electron chi connectivity index (χ3n) is 5.91. The van der Waals surface area contributed by atoms with E-state index in [-0.39, 0.29) is 24.5 Å². The fraction of sp³-hybridized carbons (Fsp3) is 0.750. The highest BCUT2D eigenvalue weighted by atomic mass is 32.2. The van der Waals surface area contributed by atoms with E-state index in [4.69, 9.17) is 4.74 Å². The van der Waals surface area contributed by atoms with Gasteiger partial charge in [0, 0.05) is 6.42 Å². The molecule has 0 saturated heterocycles. The Morgan fingerprint density at radius 3 is 2.64 bits per heavy atom. The highest BCUT2D eigenvalue weighted by Crippen LogP contribution is 2.47. The van der Waals surface area contributed by atoms with Crippen molar-refractivity contribution in [2.75, 3.05) is 6.54 Å². The molecule has 8 heteroatoms. The van der Waals surface area contributed by atoms with Crippen LogP contribution in [0.25, 0.3) is 0 Å². The molecule has 2 fully saturated rings. The number of carbonyl (C=O) groups is 1. The van der Waals surface area contributed by atoms with E-state index in [1.54, 1.807) is 0 Å². The number of hydrogen-bond donors (Lipinski definition) is 1. The summed E-state index contributed by atoms with van der Waals surface area (Å²) in [5.41, 5.74) is -2.49. The molecule has 1 N–H and O–H groups in total. The third-order valence-corrected chi connectivity index (χ3v) is 6.58. The monoisotopic (exact) mass is 419 g/mol. The van der Waals surface area contributed by atoms with E-state index in [0.29, 0.717) is 25.2 Å². The molecule has 0 amide bonds. The normalized spacial score (nSPS) is 33.9. The second-order valence-electron chi connectivity index (χ2n) is 8.64. The smallest absolute Gasteiger partial charge is 0.496 e. The molecule has 0 spiro atoms. The van der Waals surface area contributed by atoms with E-state index in [1.807, 2.05) is 6.92 Å². The molecule has 0 aromatic heterocycles. The summed E-state index contributed by atoms with van der Waals surface area (Å²) in [4.78, 5) is 12.8. The number of ether oxygens (including phenoxy) is 1. The summed E-state index contributed by atoms with van der Waals surface area (Å²) in [5, 5.41) is 11.4. The number of quaternary nitrogens is 1. The topological polar surface area (TPSA) is 53.8 Å². The fourth-order valence-electron chi connectivity index (χ4n) is 4.45. The average molecular weight is 420 g/mol. The van der Waals surface area contributed by atoms with Gasteiger partial charge in [-0.05, 0) is 68.4 Å². The minimum absolute atomic E-state index is 0.0574. The van der Waals surface area contributed by atoms with Crippen LogP contribution >= 0.6 is 11.9 Å². The molecule has 0 aromatic carbocycles. The van der Waals surface area contributed by atoms with Gasteiger partial charge in [0.2, 0.25) is 0 Å². The quantitative estimate of drug-likeness (QED) is 0.396. The van der Waals surface area contributed by atoms with Crippen LogP contribution in [-0.4, -0.2) is 24.1 Å². The van der Waals surface area contributed by atoms with Gasteiger partial charge in [-0.25, -0.2) is 0 Å². The van der Waals surface area contributed by atoms with Crippen LogP contribution in [0.15, 0.2) is 23.3 Å². The van der Waals surface area contributed by atoms with Gasteiger partial charge in [0.25, 0.3) is 0 Å². The van der Waals surface area contributed by atoms with Crippen molar-refractivity contribution < 1.29 is 27.2 Å². The van der Waals surface area contributed by atoms with E-state index in [9.17, 15) is 23.2 Å². The van der Waals surface area contributed by atoms with Crippen LogP contribution in [0.5, 0.6) is 0 Å². The Bertz CT molecular complexity index is 656. The lowest BCUT2D eigenvalue weighted by Crippen LogP contribution is -3.01. The van der Waals surface area contributed by atoms with E-state index < -0.39 is 27.3 Å². The molecule has 4 nitrogen and oxygen atoms in total.